The molecule has 0 radical (unpaired) electrons. The Balaban J connectivity index is 1.77. The van der Waals surface area contributed by atoms with Gasteiger partial charge in [0, 0.05) is 0 Å². The molecular weight excluding hydrogens is 380 g/mol. The van der Waals surface area contributed by atoms with E-state index in [4.69, 9.17) is 4.84 Å². The summed E-state index contributed by atoms with van der Waals surface area (Å²) in [5, 5.41) is 5.08. The average Bonchev–Trinajstić information content (AvgIpc) is 3.17. The monoisotopic (exact) mass is 405 g/mol. The topological polar surface area (TPSA) is 12.5 Å². The van der Waals surface area contributed by atoms with Crippen molar-refractivity contribution in [1.29, 1.82) is 0 Å². The fourth-order valence-corrected chi connectivity index (χ4v) is 9.37. The van der Waals surface area contributed by atoms with Crippen LogP contribution in [-0.2, 0) is 4.84 Å². The van der Waals surface area contributed by atoms with Gasteiger partial charge in [-0.25, -0.2) is 0 Å². The van der Waals surface area contributed by atoms with Crippen molar-refractivity contribution in [2.75, 3.05) is 0 Å². The third kappa shape index (κ3) is 2.68. The van der Waals surface area contributed by atoms with Crippen LogP contribution in [0.2, 0.25) is 0 Å². The standard InChI is InChI=1S/C20H24NOPSe/c1-20(2)14-13-16-15-19(22-21(16)20)23(24,17-9-5-3-6-10-17)18-11-7-4-8-12-18/h3-12,16,19H,13-15H2,1-2H3/t16-,19-/m1/s1. The molecule has 2 fully saturated rings. The third-order valence-corrected chi connectivity index (χ3v) is 12.8. The van der Waals surface area contributed by atoms with Crippen molar-refractivity contribution >= 4 is 31.2 Å². The maximum atomic E-state index is 6.63. The second-order valence-corrected chi connectivity index (χ2v) is 14.0. The Labute approximate surface area is 152 Å². The first-order chi connectivity index (χ1) is 11.5. The normalized spacial score (nSPS) is 26.4. The molecule has 0 aliphatic carbocycles. The molecule has 0 unspecified atom stereocenters. The number of benzene rings is 2. The summed E-state index contributed by atoms with van der Waals surface area (Å²) < 4.78 is 0. The van der Waals surface area contributed by atoms with Gasteiger partial charge < -0.3 is 0 Å². The van der Waals surface area contributed by atoms with Gasteiger partial charge in [-0.15, -0.1) is 0 Å². The molecule has 2 atom stereocenters. The van der Waals surface area contributed by atoms with Crippen molar-refractivity contribution in [2.24, 2.45) is 0 Å². The molecule has 2 aliphatic heterocycles. The number of hydrogen-bond donors (Lipinski definition) is 0. The molecule has 2 saturated heterocycles. The summed E-state index contributed by atoms with van der Waals surface area (Å²) in [6.07, 6.45) is 3.58. The van der Waals surface area contributed by atoms with E-state index in [9.17, 15) is 0 Å². The quantitative estimate of drug-likeness (QED) is 0.572. The minimum absolute atomic E-state index is 0.150. The van der Waals surface area contributed by atoms with Crippen molar-refractivity contribution in [3.8, 4) is 0 Å². The molecule has 0 spiro atoms. The van der Waals surface area contributed by atoms with Gasteiger partial charge in [0.1, 0.15) is 0 Å². The van der Waals surface area contributed by atoms with Gasteiger partial charge in [-0.05, 0) is 0 Å². The Bertz CT molecular complexity index is 718. The second-order valence-electron chi connectivity index (χ2n) is 7.46. The molecule has 2 nitrogen and oxygen atoms in total. The van der Waals surface area contributed by atoms with Crippen LogP contribution in [0, 0.1) is 0 Å². The zero-order valence-electron chi connectivity index (χ0n) is 14.3. The summed E-state index contributed by atoms with van der Waals surface area (Å²) in [5.41, 5.74) is -1.57. The number of hydroxylamine groups is 2. The Morgan fingerprint density at radius 1 is 1.00 bits per heavy atom. The van der Waals surface area contributed by atoms with E-state index in [0.29, 0.717) is 6.04 Å². The van der Waals surface area contributed by atoms with Gasteiger partial charge in [-0.1, -0.05) is 0 Å². The van der Waals surface area contributed by atoms with E-state index in [1.165, 1.54) is 23.5 Å². The molecule has 0 bridgehead atoms. The molecule has 126 valence electrons. The maximum absolute atomic E-state index is 6.63. The minimum atomic E-state index is -1.72. The van der Waals surface area contributed by atoms with Gasteiger partial charge in [-0.3, -0.25) is 0 Å². The number of hydrogen-bond acceptors (Lipinski definition) is 2. The van der Waals surface area contributed by atoms with Crippen LogP contribution >= 0.6 is 5.51 Å². The van der Waals surface area contributed by atoms with E-state index >= 15 is 0 Å². The number of rotatable bonds is 3. The average molecular weight is 404 g/mol. The van der Waals surface area contributed by atoms with Crippen LogP contribution in [0.5, 0.6) is 0 Å². The van der Waals surface area contributed by atoms with Crippen molar-refractivity contribution in [1.82, 2.24) is 5.06 Å². The molecule has 0 N–H and O–H groups in total. The van der Waals surface area contributed by atoms with E-state index in [1.54, 1.807) is 0 Å². The second kappa shape index (κ2) is 6.23. The Kier molecular flexibility index (Phi) is 4.35. The molecule has 2 aromatic carbocycles. The van der Waals surface area contributed by atoms with Crippen LogP contribution in [0.25, 0.3) is 0 Å². The first kappa shape index (κ1) is 16.8. The molecular formula is C20H24NOPSe. The SMILES string of the molecule is CC1(C)CC[C@@H]2C[C@@H](P(=[Se])(c3ccccc3)c3ccccc3)ON21. The summed E-state index contributed by atoms with van der Waals surface area (Å²) in [6, 6.07) is 22.4. The predicted octanol–water partition coefficient (Wildman–Crippen LogP) is 3.64. The van der Waals surface area contributed by atoms with Crippen molar-refractivity contribution < 1.29 is 4.84 Å². The van der Waals surface area contributed by atoms with Crippen LogP contribution in [0.1, 0.15) is 33.1 Å². The van der Waals surface area contributed by atoms with Crippen LogP contribution in [0.15, 0.2) is 60.7 Å². The predicted molar refractivity (Wildman–Crippen MR) is 103 cm³/mol. The molecule has 4 heteroatoms. The van der Waals surface area contributed by atoms with Gasteiger partial charge in [-0.2, -0.15) is 0 Å². The fraction of sp³-hybridized carbons (Fsp3) is 0.400. The van der Waals surface area contributed by atoms with E-state index in [2.05, 4.69) is 94.7 Å². The zero-order valence-corrected chi connectivity index (χ0v) is 16.9. The van der Waals surface area contributed by atoms with Crippen LogP contribution < -0.4 is 10.6 Å². The first-order valence-corrected chi connectivity index (χ1v) is 12.8. The molecule has 0 amide bonds. The Morgan fingerprint density at radius 2 is 1.54 bits per heavy atom. The van der Waals surface area contributed by atoms with Gasteiger partial charge in [0.15, 0.2) is 0 Å². The van der Waals surface area contributed by atoms with E-state index in [0.717, 1.165) is 6.42 Å². The van der Waals surface area contributed by atoms with Crippen LogP contribution in [-0.4, -0.2) is 37.6 Å². The van der Waals surface area contributed by atoms with Crippen LogP contribution in [0.3, 0.4) is 0 Å². The summed E-state index contributed by atoms with van der Waals surface area (Å²) in [6.45, 7) is 4.61. The summed E-state index contributed by atoms with van der Waals surface area (Å²) in [5.74, 6) is 0.229. The Morgan fingerprint density at radius 3 is 2.04 bits per heavy atom. The van der Waals surface area contributed by atoms with E-state index < -0.39 is 5.51 Å². The molecule has 4 rings (SSSR count). The molecule has 2 aliphatic rings. The van der Waals surface area contributed by atoms with E-state index in [1.807, 2.05) is 0 Å². The van der Waals surface area contributed by atoms with Gasteiger partial charge in [0.25, 0.3) is 0 Å². The van der Waals surface area contributed by atoms with Crippen LogP contribution in [0.4, 0.5) is 0 Å². The number of nitrogens with zero attached hydrogens (tertiary/aromatic N) is 1. The van der Waals surface area contributed by atoms with E-state index in [-0.39, 0.29) is 11.4 Å². The van der Waals surface area contributed by atoms with Gasteiger partial charge >= 0.3 is 152 Å². The summed E-state index contributed by atoms with van der Waals surface area (Å²) in [7, 11) is 0. The van der Waals surface area contributed by atoms with Crippen molar-refractivity contribution in [2.45, 2.75) is 50.5 Å². The zero-order chi connectivity index (χ0) is 16.8. The Hall–Kier alpha value is -0.691. The summed E-state index contributed by atoms with van der Waals surface area (Å²) >= 11 is 3.64. The molecule has 0 saturated carbocycles. The molecule has 0 aromatic heterocycles. The molecule has 24 heavy (non-hydrogen) atoms. The first-order valence-electron chi connectivity index (χ1n) is 8.69. The fourth-order valence-electron chi connectivity index (χ4n) is 4.09. The number of fused-ring (bicyclic) bond motifs is 1. The summed E-state index contributed by atoms with van der Waals surface area (Å²) in [4.78, 5) is 6.63. The van der Waals surface area contributed by atoms with Crippen molar-refractivity contribution in [3.63, 3.8) is 0 Å². The van der Waals surface area contributed by atoms with Gasteiger partial charge in [0.2, 0.25) is 0 Å². The third-order valence-electron chi connectivity index (χ3n) is 5.41. The molecule has 2 heterocycles. The van der Waals surface area contributed by atoms with Gasteiger partial charge in [0.05, 0.1) is 0 Å². The molecule has 2 aromatic rings. The van der Waals surface area contributed by atoms with Crippen molar-refractivity contribution in [3.05, 3.63) is 60.7 Å².